The Kier molecular flexibility index (Phi) is 6.79. The molecule has 0 bridgehead atoms. The van der Waals surface area contributed by atoms with E-state index in [1.807, 2.05) is 56.3 Å². The van der Waals surface area contributed by atoms with Gasteiger partial charge in [0.05, 0.1) is 11.7 Å². The number of ether oxygens (including phenoxy) is 1. The van der Waals surface area contributed by atoms with Gasteiger partial charge in [-0.25, -0.2) is 9.97 Å². The summed E-state index contributed by atoms with van der Waals surface area (Å²) in [6.45, 7) is 7.48. The van der Waals surface area contributed by atoms with Gasteiger partial charge in [-0.05, 0) is 50.6 Å². The highest BCUT2D eigenvalue weighted by molar-refractivity contribution is 6.03. The van der Waals surface area contributed by atoms with Crippen LogP contribution in [-0.2, 0) is 6.54 Å². The molecule has 0 radical (unpaired) electrons. The zero-order valence-electron chi connectivity index (χ0n) is 17.0. The van der Waals surface area contributed by atoms with Gasteiger partial charge in [0.1, 0.15) is 5.75 Å². The number of carbonyl (C=O) groups excluding carboxylic acids is 1. The molecule has 0 aliphatic heterocycles. The zero-order valence-corrected chi connectivity index (χ0v) is 17.0. The Hall–Kier alpha value is -3.41. The molecule has 1 N–H and O–H groups in total. The van der Waals surface area contributed by atoms with E-state index in [0.29, 0.717) is 23.7 Å². The molecule has 0 saturated carbocycles. The molecule has 6 heteroatoms. The Labute approximate surface area is 171 Å². The van der Waals surface area contributed by atoms with Crippen LogP contribution in [0, 0.1) is 0 Å². The van der Waals surface area contributed by atoms with Crippen LogP contribution in [0.5, 0.6) is 5.75 Å². The zero-order chi connectivity index (χ0) is 20.6. The fourth-order valence-electron chi connectivity index (χ4n) is 2.82. The fraction of sp³-hybridized carbons (Fsp3) is 0.261. The lowest BCUT2D eigenvalue weighted by Crippen LogP contribution is -2.24. The second-order valence-corrected chi connectivity index (χ2v) is 6.92. The lowest BCUT2D eigenvalue weighted by Gasteiger charge is -2.20. The molecule has 0 aliphatic carbocycles. The Morgan fingerprint density at radius 3 is 2.28 bits per heavy atom. The van der Waals surface area contributed by atoms with E-state index in [4.69, 9.17) is 4.74 Å². The van der Waals surface area contributed by atoms with E-state index >= 15 is 0 Å². The SMILES string of the molecule is CCN(Cc1ccccc1)c1ncc(C(=O)Nc2ccc(OC(C)C)cc2)cn1. The molecule has 3 aromatic rings. The molecule has 29 heavy (non-hydrogen) atoms. The number of anilines is 2. The molecule has 6 nitrogen and oxygen atoms in total. The molecule has 1 heterocycles. The average Bonchev–Trinajstić information content (AvgIpc) is 2.74. The first-order chi connectivity index (χ1) is 14.0. The molecule has 0 aliphatic rings. The standard InChI is InChI=1S/C23H26N4O2/c1-4-27(16-18-8-6-5-7-9-18)23-24-14-19(15-25-23)22(28)26-20-10-12-21(13-11-20)29-17(2)3/h5-15,17H,4,16H2,1-3H3,(H,26,28). The van der Waals surface area contributed by atoms with Crippen molar-refractivity contribution in [2.24, 2.45) is 0 Å². The predicted octanol–water partition coefficient (Wildman–Crippen LogP) is 4.54. The van der Waals surface area contributed by atoms with Gasteiger partial charge in [-0.1, -0.05) is 30.3 Å². The number of benzene rings is 2. The number of aromatic nitrogens is 2. The van der Waals surface area contributed by atoms with E-state index in [9.17, 15) is 4.79 Å². The lowest BCUT2D eigenvalue weighted by molar-refractivity contribution is 0.102. The van der Waals surface area contributed by atoms with E-state index in [2.05, 4.69) is 39.2 Å². The maximum atomic E-state index is 12.5. The van der Waals surface area contributed by atoms with Crippen LogP contribution in [0.1, 0.15) is 36.7 Å². The first-order valence-electron chi connectivity index (χ1n) is 9.74. The molecule has 1 amide bonds. The summed E-state index contributed by atoms with van der Waals surface area (Å²) in [5.41, 5.74) is 2.28. The minimum absolute atomic E-state index is 0.107. The summed E-state index contributed by atoms with van der Waals surface area (Å²) in [4.78, 5) is 23.3. The Bertz CT molecular complexity index is 910. The molecule has 0 spiro atoms. The molecule has 0 fully saturated rings. The van der Waals surface area contributed by atoms with E-state index in [0.717, 1.165) is 12.3 Å². The molecule has 2 aromatic carbocycles. The Morgan fingerprint density at radius 2 is 1.69 bits per heavy atom. The van der Waals surface area contributed by atoms with Gasteiger partial charge >= 0.3 is 0 Å². The fourth-order valence-corrected chi connectivity index (χ4v) is 2.82. The monoisotopic (exact) mass is 390 g/mol. The van der Waals surface area contributed by atoms with Gasteiger partial charge in [0, 0.05) is 31.2 Å². The van der Waals surface area contributed by atoms with E-state index in [1.54, 1.807) is 12.4 Å². The van der Waals surface area contributed by atoms with Gasteiger partial charge in [0.25, 0.3) is 5.91 Å². The van der Waals surface area contributed by atoms with Gasteiger partial charge in [-0.15, -0.1) is 0 Å². The van der Waals surface area contributed by atoms with E-state index in [-0.39, 0.29) is 12.0 Å². The van der Waals surface area contributed by atoms with Gasteiger partial charge in [-0.3, -0.25) is 4.79 Å². The summed E-state index contributed by atoms with van der Waals surface area (Å²) in [7, 11) is 0. The van der Waals surface area contributed by atoms with Crippen LogP contribution in [-0.4, -0.2) is 28.5 Å². The van der Waals surface area contributed by atoms with Crippen LogP contribution in [0.3, 0.4) is 0 Å². The topological polar surface area (TPSA) is 67.4 Å². The molecule has 0 atom stereocenters. The highest BCUT2D eigenvalue weighted by Crippen LogP contribution is 2.18. The largest absolute Gasteiger partial charge is 0.491 e. The third-order valence-electron chi connectivity index (χ3n) is 4.27. The maximum absolute atomic E-state index is 12.5. The minimum atomic E-state index is -0.250. The number of nitrogens with zero attached hydrogens (tertiary/aromatic N) is 3. The number of amides is 1. The van der Waals surface area contributed by atoms with Crippen LogP contribution < -0.4 is 15.0 Å². The third-order valence-corrected chi connectivity index (χ3v) is 4.27. The van der Waals surface area contributed by atoms with Crippen molar-refractivity contribution >= 4 is 17.5 Å². The Balaban J connectivity index is 1.63. The number of carbonyl (C=O) groups is 1. The van der Waals surface area contributed by atoms with Gasteiger partial charge < -0.3 is 15.0 Å². The predicted molar refractivity (Wildman–Crippen MR) is 115 cm³/mol. The molecule has 150 valence electrons. The van der Waals surface area contributed by atoms with E-state index < -0.39 is 0 Å². The van der Waals surface area contributed by atoms with E-state index in [1.165, 1.54) is 5.56 Å². The Morgan fingerprint density at radius 1 is 1.03 bits per heavy atom. The lowest BCUT2D eigenvalue weighted by atomic mass is 10.2. The maximum Gasteiger partial charge on any atom is 0.258 e. The summed E-state index contributed by atoms with van der Waals surface area (Å²) in [6, 6.07) is 17.4. The van der Waals surface area contributed by atoms with Crippen LogP contribution in [0.2, 0.25) is 0 Å². The summed E-state index contributed by atoms with van der Waals surface area (Å²) < 4.78 is 5.61. The van der Waals surface area contributed by atoms with Crippen molar-refractivity contribution in [1.29, 1.82) is 0 Å². The third kappa shape index (κ3) is 5.78. The number of rotatable bonds is 8. The summed E-state index contributed by atoms with van der Waals surface area (Å²) in [6.07, 6.45) is 3.22. The van der Waals surface area contributed by atoms with Gasteiger partial charge in [0.15, 0.2) is 0 Å². The van der Waals surface area contributed by atoms with Gasteiger partial charge in [-0.2, -0.15) is 0 Å². The average molecular weight is 390 g/mol. The highest BCUT2D eigenvalue weighted by Gasteiger charge is 2.12. The summed E-state index contributed by atoms with van der Waals surface area (Å²) in [5, 5.41) is 2.85. The van der Waals surface area contributed by atoms with Crippen LogP contribution in [0.25, 0.3) is 0 Å². The number of hydrogen-bond acceptors (Lipinski definition) is 5. The number of nitrogens with one attached hydrogen (secondary N) is 1. The van der Waals surface area contributed by atoms with Crippen molar-refractivity contribution in [1.82, 2.24) is 9.97 Å². The quantitative estimate of drug-likeness (QED) is 0.611. The van der Waals surface area contributed by atoms with Crippen LogP contribution in [0.15, 0.2) is 67.0 Å². The molecule has 1 aromatic heterocycles. The van der Waals surface area contributed by atoms with Crippen LogP contribution in [0.4, 0.5) is 11.6 Å². The van der Waals surface area contributed by atoms with Crippen molar-refractivity contribution < 1.29 is 9.53 Å². The van der Waals surface area contributed by atoms with Crippen LogP contribution >= 0.6 is 0 Å². The molecular formula is C23H26N4O2. The summed E-state index contributed by atoms with van der Waals surface area (Å²) >= 11 is 0. The van der Waals surface area contributed by atoms with Crippen molar-refractivity contribution in [3.05, 3.63) is 78.1 Å². The second kappa shape index (κ2) is 9.68. The molecular weight excluding hydrogens is 364 g/mol. The van der Waals surface area contributed by atoms with Crippen molar-refractivity contribution in [3.8, 4) is 5.75 Å². The van der Waals surface area contributed by atoms with Crippen molar-refractivity contribution in [2.45, 2.75) is 33.4 Å². The summed E-state index contributed by atoms with van der Waals surface area (Å²) in [5.74, 6) is 1.12. The molecule has 3 rings (SSSR count). The highest BCUT2D eigenvalue weighted by atomic mass is 16.5. The second-order valence-electron chi connectivity index (χ2n) is 6.92. The minimum Gasteiger partial charge on any atom is -0.491 e. The van der Waals surface area contributed by atoms with Crippen molar-refractivity contribution in [3.63, 3.8) is 0 Å². The molecule has 0 unspecified atom stereocenters. The first-order valence-corrected chi connectivity index (χ1v) is 9.74. The van der Waals surface area contributed by atoms with Gasteiger partial charge in [0.2, 0.25) is 5.95 Å². The normalized spacial score (nSPS) is 10.6. The molecule has 0 saturated heterocycles. The number of hydrogen-bond donors (Lipinski definition) is 1. The smallest absolute Gasteiger partial charge is 0.258 e. The van der Waals surface area contributed by atoms with Crippen molar-refractivity contribution in [2.75, 3.05) is 16.8 Å². The first kappa shape index (κ1) is 20.3.